The van der Waals surface area contributed by atoms with Gasteiger partial charge in [0.15, 0.2) is 0 Å². The average Bonchev–Trinajstić information content (AvgIpc) is 2.03. The van der Waals surface area contributed by atoms with E-state index in [1.165, 1.54) is 25.7 Å². The third kappa shape index (κ3) is 9.41. The number of rotatable bonds is 7. The molecule has 0 N–H and O–H groups in total. The highest BCUT2D eigenvalue weighted by Gasteiger charge is 1.85. The molecule has 0 atom stereocenters. The van der Waals surface area contributed by atoms with Crippen molar-refractivity contribution in [2.45, 2.75) is 39.0 Å². The van der Waals surface area contributed by atoms with E-state index in [9.17, 15) is 4.79 Å². The fraction of sp³-hybridized carbons (Fsp3) is 0.600. The molecule has 11 heavy (non-hydrogen) atoms. The van der Waals surface area contributed by atoms with Crippen LogP contribution >= 0.6 is 0 Å². The molecule has 1 heteroatoms. The predicted molar refractivity (Wildman–Crippen MR) is 48.3 cm³/mol. The summed E-state index contributed by atoms with van der Waals surface area (Å²) in [4.78, 5) is 9.84. The van der Waals surface area contributed by atoms with E-state index in [4.69, 9.17) is 0 Å². The van der Waals surface area contributed by atoms with E-state index in [0.29, 0.717) is 0 Å². The lowest BCUT2D eigenvalue weighted by atomic mass is 10.1. The maximum Gasteiger partial charge on any atom is 0.142 e. The fourth-order valence-corrected chi connectivity index (χ4v) is 0.887. The second-order valence-corrected chi connectivity index (χ2v) is 2.58. The summed E-state index contributed by atoms with van der Waals surface area (Å²) in [5.41, 5.74) is 0. The molecule has 0 saturated carbocycles. The van der Waals surface area contributed by atoms with Gasteiger partial charge in [-0.1, -0.05) is 32.3 Å². The van der Waals surface area contributed by atoms with Crippen molar-refractivity contribution in [1.29, 1.82) is 0 Å². The first-order valence-electron chi connectivity index (χ1n) is 4.33. The Labute approximate surface area is 69.5 Å². The van der Waals surface area contributed by atoms with E-state index in [2.05, 4.69) is 13.3 Å². The van der Waals surface area contributed by atoms with Gasteiger partial charge < -0.3 is 0 Å². The van der Waals surface area contributed by atoms with Crippen LogP contribution < -0.4 is 0 Å². The second-order valence-electron chi connectivity index (χ2n) is 2.58. The molecule has 0 aromatic heterocycles. The molecule has 0 rings (SSSR count). The van der Waals surface area contributed by atoms with Gasteiger partial charge in [0.25, 0.3) is 0 Å². The Hall–Kier alpha value is -0.590. The Kier molecular flexibility index (Phi) is 8.91. The number of hydrogen-bond acceptors (Lipinski definition) is 1. The number of unbranched alkanes of at least 4 members (excludes halogenated alkanes) is 5. The van der Waals surface area contributed by atoms with E-state index >= 15 is 0 Å². The van der Waals surface area contributed by atoms with E-state index in [1.807, 2.05) is 6.08 Å². The first kappa shape index (κ1) is 10.4. The maximum atomic E-state index is 9.84. The Morgan fingerprint density at radius 3 is 2.73 bits per heavy atom. The summed E-state index contributed by atoms with van der Waals surface area (Å²) >= 11 is 0. The van der Waals surface area contributed by atoms with Gasteiger partial charge in [-0.15, -0.1) is 0 Å². The van der Waals surface area contributed by atoms with Gasteiger partial charge in [-0.3, -0.25) is 4.79 Å². The van der Waals surface area contributed by atoms with Gasteiger partial charge in [0.1, 0.15) is 6.29 Å². The molecule has 0 aliphatic rings. The standard InChI is InChI=1S/C10H17O/c1-2-3-4-5-6-7-8-9-10-11/h6,8-10H,2-5,7H2,1H3/b9-8+. The quantitative estimate of drug-likeness (QED) is 0.312. The molecule has 0 amide bonds. The van der Waals surface area contributed by atoms with Crippen LogP contribution in [-0.4, -0.2) is 6.29 Å². The normalized spacial score (nSPS) is 10.6. The summed E-state index contributed by atoms with van der Waals surface area (Å²) in [6, 6.07) is 0. The first-order chi connectivity index (χ1) is 5.41. The number of carbonyl (C=O) groups is 1. The lowest BCUT2D eigenvalue weighted by Gasteiger charge is -1.94. The highest BCUT2D eigenvalue weighted by atomic mass is 16.1. The molecule has 0 heterocycles. The fourth-order valence-electron chi connectivity index (χ4n) is 0.887. The Balaban J connectivity index is 2.90. The monoisotopic (exact) mass is 153 g/mol. The largest absolute Gasteiger partial charge is 0.299 e. The third-order valence-corrected chi connectivity index (χ3v) is 1.53. The number of aldehydes is 1. The van der Waals surface area contributed by atoms with Crippen molar-refractivity contribution in [2.75, 3.05) is 0 Å². The van der Waals surface area contributed by atoms with Crippen LogP contribution in [0.5, 0.6) is 0 Å². The minimum atomic E-state index is 0.819. The zero-order valence-electron chi connectivity index (χ0n) is 7.25. The summed E-state index contributed by atoms with van der Waals surface area (Å²) in [6.45, 7) is 2.20. The zero-order valence-corrected chi connectivity index (χ0v) is 7.25. The minimum Gasteiger partial charge on any atom is -0.299 e. The van der Waals surface area contributed by atoms with E-state index < -0.39 is 0 Å². The highest BCUT2D eigenvalue weighted by Crippen LogP contribution is 2.03. The lowest BCUT2D eigenvalue weighted by Crippen LogP contribution is -1.76. The Morgan fingerprint density at radius 1 is 1.27 bits per heavy atom. The van der Waals surface area contributed by atoms with E-state index in [1.54, 1.807) is 6.08 Å². The Morgan fingerprint density at radius 2 is 2.09 bits per heavy atom. The molecule has 1 nitrogen and oxygen atoms in total. The molecule has 1 radical (unpaired) electrons. The predicted octanol–water partition coefficient (Wildman–Crippen LogP) is 2.92. The molecule has 0 saturated heterocycles. The van der Waals surface area contributed by atoms with Crippen molar-refractivity contribution in [1.82, 2.24) is 0 Å². The number of allylic oxidation sites excluding steroid dienone is 2. The lowest BCUT2D eigenvalue weighted by molar-refractivity contribution is -0.104. The van der Waals surface area contributed by atoms with Gasteiger partial charge in [0.05, 0.1) is 0 Å². The smallest absolute Gasteiger partial charge is 0.142 e. The van der Waals surface area contributed by atoms with Crippen LogP contribution in [0.4, 0.5) is 0 Å². The summed E-state index contributed by atoms with van der Waals surface area (Å²) < 4.78 is 0. The van der Waals surface area contributed by atoms with Crippen LogP contribution in [0.3, 0.4) is 0 Å². The molecular formula is C10H17O. The second kappa shape index (κ2) is 9.41. The van der Waals surface area contributed by atoms with Gasteiger partial charge in [-0.25, -0.2) is 0 Å². The van der Waals surface area contributed by atoms with Crippen molar-refractivity contribution in [3.8, 4) is 0 Å². The molecule has 0 aromatic rings. The molecule has 0 spiro atoms. The van der Waals surface area contributed by atoms with Crippen LogP contribution in [0.25, 0.3) is 0 Å². The molecule has 0 unspecified atom stereocenters. The maximum absolute atomic E-state index is 9.84. The van der Waals surface area contributed by atoms with Crippen molar-refractivity contribution in [3.63, 3.8) is 0 Å². The SMILES string of the molecule is CCCCC[CH]C/C=C/C=O. The summed E-state index contributed by atoms with van der Waals surface area (Å²) in [5, 5.41) is 0. The van der Waals surface area contributed by atoms with Gasteiger partial charge >= 0.3 is 0 Å². The van der Waals surface area contributed by atoms with Crippen molar-refractivity contribution < 1.29 is 4.79 Å². The molecule has 0 fully saturated rings. The summed E-state index contributed by atoms with van der Waals surface area (Å²) in [7, 11) is 0. The van der Waals surface area contributed by atoms with E-state index in [0.717, 1.165) is 12.7 Å². The molecule has 0 bridgehead atoms. The van der Waals surface area contributed by atoms with Crippen molar-refractivity contribution >= 4 is 6.29 Å². The van der Waals surface area contributed by atoms with E-state index in [-0.39, 0.29) is 0 Å². The van der Waals surface area contributed by atoms with Gasteiger partial charge in [0.2, 0.25) is 0 Å². The molecule has 63 valence electrons. The van der Waals surface area contributed by atoms with Crippen LogP contribution in [0.1, 0.15) is 39.0 Å². The zero-order chi connectivity index (χ0) is 8.36. The molecule has 0 aliphatic carbocycles. The first-order valence-corrected chi connectivity index (χ1v) is 4.33. The van der Waals surface area contributed by atoms with Crippen LogP contribution in [0, 0.1) is 6.42 Å². The minimum absolute atomic E-state index is 0.819. The Bertz CT molecular complexity index is 105. The average molecular weight is 153 g/mol. The topological polar surface area (TPSA) is 17.1 Å². The van der Waals surface area contributed by atoms with Crippen molar-refractivity contribution in [3.05, 3.63) is 18.6 Å². The molecule has 0 aliphatic heterocycles. The molecular weight excluding hydrogens is 136 g/mol. The highest BCUT2D eigenvalue weighted by molar-refractivity contribution is 5.64. The third-order valence-electron chi connectivity index (χ3n) is 1.53. The summed E-state index contributed by atoms with van der Waals surface area (Å²) in [5.74, 6) is 0. The number of carbonyl (C=O) groups excluding carboxylic acids is 1. The number of hydrogen-bond donors (Lipinski definition) is 0. The van der Waals surface area contributed by atoms with Crippen LogP contribution in [-0.2, 0) is 4.79 Å². The van der Waals surface area contributed by atoms with Crippen LogP contribution in [0.2, 0.25) is 0 Å². The van der Waals surface area contributed by atoms with Gasteiger partial charge in [0, 0.05) is 0 Å². The van der Waals surface area contributed by atoms with Gasteiger partial charge in [-0.05, 0) is 25.3 Å². The molecule has 0 aromatic carbocycles. The van der Waals surface area contributed by atoms with Crippen LogP contribution in [0.15, 0.2) is 12.2 Å². The van der Waals surface area contributed by atoms with Gasteiger partial charge in [-0.2, -0.15) is 0 Å². The van der Waals surface area contributed by atoms with Crippen molar-refractivity contribution in [2.24, 2.45) is 0 Å². The summed E-state index contributed by atoms with van der Waals surface area (Å²) in [6.07, 6.45) is 12.5.